The molecule has 1 spiro atoms. The first kappa shape index (κ1) is 10.0. The molecule has 80 valence electrons. The fraction of sp³-hybridized carbons (Fsp3) is 0.636. The van der Waals surface area contributed by atoms with E-state index in [-0.39, 0.29) is 23.3 Å². The maximum absolute atomic E-state index is 11.1. The third-order valence-corrected chi connectivity index (χ3v) is 3.13. The van der Waals surface area contributed by atoms with E-state index >= 15 is 0 Å². The molecule has 1 saturated heterocycles. The van der Waals surface area contributed by atoms with Crippen LogP contribution in [0, 0.1) is 17.3 Å². The fourth-order valence-corrected chi connectivity index (χ4v) is 2.46. The van der Waals surface area contributed by atoms with E-state index in [1.807, 2.05) is 0 Å². The van der Waals surface area contributed by atoms with Gasteiger partial charge in [-0.3, -0.25) is 9.59 Å². The lowest BCUT2D eigenvalue weighted by Crippen LogP contribution is -2.51. The standard InChI is InChI=1S/C11H14N2O2/c1-2-3-9(14)13-8-4-11(5-8)6-10(15)12-7-11/h8H,4-7H2,1H3,(H,12,15)(H,13,14). The smallest absolute Gasteiger partial charge is 0.296 e. The minimum Gasteiger partial charge on any atom is -0.356 e. The van der Waals surface area contributed by atoms with Crippen molar-refractivity contribution in [3.8, 4) is 11.8 Å². The first-order valence-corrected chi connectivity index (χ1v) is 5.13. The molecule has 2 rings (SSSR count). The van der Waals surface area contributed by atoms with Crippen molar-refractivity contribution < 1.29 is 9.59 Å². The highest BCUT2D eigenvalue weighted by molar-refractivity contribution is 5.93. The second-order valence-electron chi connectivity index (χ2n) is 4.41. The SMILES string of the molecule is CC#CC(=O)NC1CC2(CNC(=O)C2)C1. The molecule has 15 heavy (non-hydrogen) atoms. The zero-order valence-electron chi connectivity index (χ0n) is 8.72. The van der Waals surface area contributed by atoms with Gasteiger partial charge in [-0.15, -0.1) is 0 Å². The van der Waals surface area contributed by atoms with Gasteiger partial charge in [0.2, 0.25) is 5.91 Å². The third-order valence-electron chi connectivity index (χ3n) is 3.13. The van der Waals surface area contributed by atoms with E-state index in [0.29, 0.717) is 6.42 Å². The molecule has 1 saturated carbocycles. The zero-order chi connectivity index (χ0) is 10.9. The van der Waals surface area contributed by atoms with E-state index in [2.05, 4.69) is 22.5 Å². The number of hydrogen-bond acceptors (Lipinski definition) is 2. The van der Waals surface area contributed by atoms with Crippen molar-refractivity contribution in [2.24, 2.45) is 5.41 Å². The van der Waals surface area contributed by atoms with Gasteiger partial charge in [-0.1, -0.05) is 5.92 Å². The summed E-state index contributed by atoms with van der Waals surface area (Å²) in [6.07, 6.45) is 2.39. The van der Waals surface area contributed by atoms with Gasteiger partial charge in [0, 0.05) is 24.4 Å². The van der Waals surface area contributed by atoms with Gasteiger partial charge in [0.1, 0.15) is 0 Å². The van der Waals surface area contributed by atoms with Crippen LogP contribution in [0.4, 0.5) is 0 Å². The van der Waals surface area contributed by atoms with Gasteiger partial charge in [-0.25, -0.2) is 0 Å². The van der Waals surface area contributed by atoms with E-state index in [9.17, 15) is 9.59 Å². The number of hydrogen-bond donors (Lipinski definition) is 2. The summed E-state index contributed by atoms with van der Waals surface area (Å²) in [6, 6.07) is 0.200. The molecule has 0 aromatic carbocycles. The molecule has 1 heterocycles. The van der Waals surface area contributed by atoms with Crippen LogP contribution in [0.5, 0.6) is 0 Å². The lowest BCUT2D eigenvalue weighted by atomic mass is 9.65. The van der Waals surface area contributed by atoms with Gasteiger partial charge in [-0.05, 0) is 25.7 Å². The van der Waals surface area contributed by atoms with Crippen molar-refractivity contribution in [3.05, 3.63) is 0 Å². The Kier molecular flexibility index (Phi) is 2.39. The van der Waals surface area contributed by atoms with Gasteiger partial charge < -0.3 is 10.6 Å². The number of nitrogens with one attached hydrogen (secondary N) is 2. The first-order chi connectivity index (χ1) is 7.13. The van der Waals surface area contributed by atoms with Crippen LogP contribution in [-0.4, -0.2) is 24.4 Å². The van der Waals surface area contributed by atoms with Gasteiger partial charge in [0.15, 0.2) is 0 Å². The second kappa shape index (κ2) is 3.58. The molecular formula is C11H14N2O2. The predicted octanol–water partition coefficient (Wildman–Crippen LogP) is -0.205. The maximum atomic E-state index is 11.1. The first-order valence-electron chi connectivity index (χ1n) is 5.13. The average Bonchev–Trinajstić information content (AvgIpc) is 2.47. The van der Waals surface area contributed by atoms with E-state index in [4.69, 9.17) is 0 Å². The maximum Gasteiger partial charge on any atom is 0.296 e. The molecule has 0 bridgehead atoms. The highest BCUT2D eigenvalue weighted by Gasteiger charge is 2.49. The molecule has 1 aliphatic heterocycles. The van der Waals surface area contributed by atoms with Crippen LogP contribution in [0.1, 0.15) is 26.2 Å². The zero-order valence-corrected chi connectivity index (χ0v) is 8.72. The number of rotatable bonds is 1. The van der Waals surface area contributed by atoms with Crippen molar-refractivity contribution in [2.45, 2.75) is 32.2 Å². The summed E-state index contributed by atoms with van der Waals surface area (Å²) in [7, 11) is 0. The van der Waals surface area contributed by atoms with Crippen LogP contribution in [0.15, 0.2) is 0 Å². The van der Waals surface area contributed by atoms with Crippen LogP contribution in [0.25, 0.3) is 0 Å². The van der Waals surface area contributed by atoms with E-state index in [1.54, 1.807) is 6.92 Å². The van der Waals surface area contributed by atoms with E-state index in [0.717, 1.165) is 19.4 Å². The lowest BCUT2D eigenvalue weighted by Gasteiger charge is -2.43. The Bertz CT molecular complexity index is 359. The number of carbonyl (C=O) groups is 2. The molecule has 0 radical (unpaired) electrons. The van der Waals surface area contributed by atoms with Crippen molar-refractivity contribution in [1.29, 1.82) is 0 Å². The second-order valence-corrected chi connectivity index (χ2v) is 4.41. The molecule has 2 fully saturated rings. The molecule has 2 aliphatic rings. The summed E-state index contributed by atoms with van der Waals surface area (Å²) >= 11 is 0. The van der Waals surface area contributed by atoms with Gasteiger partial charge >= 0.3 is 0 Å². The van der Waals surface area contributed by atoms with Crippen LogP contribution in [0.2, 0.25) is 0 Å². The van der Waals surface area contributed by atoms with Crippen molar-refractivity contribution in [3.63, 3.8) is 0 Å². The number of amides is 2. The van der Waals surface area contributed by atoms with E-state index < -0.39 is 0 Å². The van der Waals surface area contributed by atoms with E-state index in [1.165, 1.54) is 0 Å². The topological polar surface area (TPSA) is 58.2 Å². The van der Waals surface area contributed by atoms with Crippen molar-refractivity contribution >= 4 is 11.8 Å². The average molecular weight is 206 g/mol. The summed E-state index contributed by atoms with van der Waals surface area (Å²) in [5.74, 6) is 4.93. The molecule has 0 aromatic rings. The van der Waals surface area contributed by atoms with Gasteiger partial charge in [0.25, 0.3) is 5.91 Å². The predicted molar refractivity (Wildman–Crippen MR) is 54.7 cm³/mol. The number of carbonyl (C=O) groups excluding carboxylic acids is 2. The Morgan fingerprint density at radius 3 is 2.87 bits per heavy atom. The largest absolute Gasteiger partial charge is 0.356 e. The molecule has 1 aliphatic carbocycles. The highest BCUT2D eigenvalue weighted by atomic mass is 16.2. The van der Waals surface area contributed by atoms with Crippen LogP contribution in [0.3, 0.4) is 0 Å². The Morgan fingerprint density at radius 2 is 2.33 bits per heavy atom. The summed E-state index contributed by atoms with van der Waals surface area (Å²) in [4.78, 5) is 22.2. The molecule has 2 N–H and O–H groups in total. The molecule has 0 unspecified atom stereocenters. The molecule has 4 nitrogen and oxygen atoms in total. The summed E-state index contributed by atoms with van der Waals surface area (Å²) < 4.78 is 0. The summed E-state index contributed by atoms with van der Waals surface area (Å²) in [5, 5.41) is 5.66. The monoisotopic (exact) mass is 206 g/mol. The summed E-state index contributed by atoms with van der Waals surface area (Å²) in [6.45, 7) is 2.40. The molecular weight excluding hydrogens is 192 g/mol. The van der Waals surface area contributed by atoms with Crippen LogP contribution < -0.4 is 10.6 Å². The third kappa shape index (κ3) is 1.96. The minimum absolute atomic E-state index is 0.120. The Balaban J connectivity index is 1.80. The van der Waals surface area contributed by atoms with Crippen molar-refractivity contribution in [2.75, 3.05) is 6.54 Å². The molecule has 2 amide bonds. The Morgan fingerprint density at radius 1 is 1.60 bits per heavy atom. The lowest BCUT2D eigenvalue weighted by molar-refractivity contribution is -0.120. The Hall–Kier alpha value is -1.50. The normalized spacial score (nSPS) is 32.6. The molecule has 4 heteroatoms. The van der Waals surface area contributed by atoms with Crippen LogP contribution >= 0.6 is 0 Å². The summed E-state index contributed by atoms with van der Waals surface area (Å²) in [5.41, 5.74) is 0.120. The minimum atomic E-state index is -0.213. The fourth-order valence-electron chi connectivity index (χ4n) is 2.46. The van der Waals surface area contributed by atoms with Gasteiger partial charge in [0.05, 0.1) is 0 Å². The molecule has 0 atom stereocenters. The Labute approximate surface area is 88.8 Å². The van der Waals surface area contributed by atoms with Crippen molar-refractivity contribution in [1.82, 2.24) is 10.6 Å². The quantitative estimate of drug-likeness (QED) is 0.583. The van der Waals surface area contributed by atoms with Gasteiger partial charge in [-0.2, -0.15) is 0 Å². The van der Waals surface area contributed by atoms with Crippen LogP contribution in [-0.2, 0) is 9.59 Å². The molecule has 0 aromatic heterocycles. The highest BCUT2D eigenvalue weighted by Crippen LogP contribution is 2.45.